The van der Waals surface area contributed by atoms with Crippen molar-refractivity contribution in [3.05, 3.63) is 30.3 Å². The lowest BCUT2D eigenvalue weighted by molar-refractivity contribution is 0.163. The first-order valence-corrected chi connectivity index (χ1v) is 7.45. The molecule has 0 fully saturated rings. The first-order chi connectivity index (χ1) is 8.86. The molecule has 0 bridgehead atoms. The maximum atomic E-state index is 5.53. The molecule has 3 N–H and O–H groups in total. The van der Waals surface area contributed by atoms with Crippen molar-refractivity contribution in [2.45, 2.75) is 23.8 Å². The zero-order valence-corrected chi connectivity index (χ0v) is 11.9. The molecule has 1 rings (SSSR count). The Kier molecular flexibility index (Phi) is 8.94. The van der Waals surface area contributed by atoms with Gasteiger partial charge in [0, 0.05) is 30.3 Å². The topological polar surface area (TPSA) is 47.3 Å². The van der Waals surface area contributed by atoms with Crippen molar-refractivity contribution in [1.29, 1.82) is 0 Å². The number of thioether (sulfide) groups is 1. The first kappa shape index (κ1) is 15.5. The molecule has 0 radical (unpaired) electrons. The molecular formula is C14H24N2OS. The van der Waals surface area contributed by atoms with E-state index in [0.717, 1.165) is 38.3 Å². The van der Waals surface area contributed by atoms with Crippen LogP contribution in [0.5, 0.6) is 0 Å². The van der Waals surface area contributed by atoms with Crippen LogP contribution in [0.2, 0.25) is 0 Å². The lowest BCUT2D eigenvalue weighted by Gasteiger charge is -2.17. The second-order valence-electron chi connectivity index (χ2n) is 4.20. The van der Waals surface area contributed by atoms with Crippen molar-refractivity contribution >= 4 is 11.8 Å². The van der Waals surface area contributed by atoms with Crippen LogP contribution in [-0.2, 0) is 4.74 Å². The van der Waals surface area contributed by atoms with Gasteiger partial charge in [0.25, 0.3) is 0 Å². The molecule has 0 heterocycles. The Morgan fingerprint density at radius 1 is 1.33 bits per heavy atom. The van der Waals surface area contributed by atoms with Gasteiger partial charge >= 0.3 is 0 Å². The number of rotatable bonds is 10. The minimum atomic E-state index is 0.426. The zero-order valence-electron chi connectivity index (χ0n) is 11.1. The molecule has 1 aromatic carbocycles. The maximum absolute atomic E-state index is 5.53. The maximum Gasteiger partial charge on any atom is 0.0615 e. The molecule has 0 aromatic heterocycles. The van der Waals surface area contributed by atoms with E-state index < -0.39 is 0 Å². The van der Waals surface area contributed by atoms with Gasteiger partial charge in [0.1, 0.15) is 0 Å². The van der Waals surface area contributed by atoms with Crippen LogP contribution in [0.1, 0.15) is 12.8 Å². The van der Waals surface area contributed by atoms with Crippen LogP contribution in [0, 0.1) is 0 Å². The van der Waals surface area contributed by atoms with E-state index in [1.807, 2.05) is 17.8 Å². The predicted molar refractivity (Wildman–Crippen MR) is 79.1 cm³/mol. The van der Waals surface area contributed by atoms with Gasteiger partial charge in [-0.15, -0.1) is 11.8 Å². The highest BCUT2D eigenvalue weighted by molar-refractivity contribution is 7.99. The van der Waals surface area contributed by atoms with E-state index >= 15 is 0 Å². The fraction of sp³-hybridized carbons (Fsp3) is 0.571. The molecule has 0 aliphatic rings. The SMILES string of the molecule is COCC(CCCN)NCCSc1ccccc1. The molecule has 102 valence electrons. The standard InChI is InChI=1S/C14H24N2OS/c1-17-12-13(6-5-9-15)16-10-11-18-14-7-3-2-4-8-14/h2-4,7-8,13,16H,5-6,9-12,15H2,1H3. The smallest absolute Gasteiger partial charge is 0.0615 e. The van der Waals surface area contributed by atoms with E-state index in [-0.39, 0.29) is 0 Å². The molecule has 18 heavy (non-hydrogen) atoms. The summed E-state index contributed by atoms with van der Waals surface area (Å²) in [6.45, 7) is 2.51. The Morgan fingerprint density at radius 2 is 2.11 bits per heavy atom. The molecule has 0 amide bonds. The average molecular weight is 268 g/mol. The third kappa shape index (κ3) is 7.01. The van der Waals surface area contributed by atoms with Crippen LogP contribution in [0.4, 0.5) is 0 Å². The van der Waals surface area contributed by atoms with Crippen molar-refractivity contribution in [2.24, 2.45) is 5.73 Å². The van der Waals surface area contributed by atoms with Crippen LogP contribution < -0.4 is 11.1 Å². The fourth-order valence-electron chi connectivity index (χ4n) is 1.76. The summed E-state index contributed by atoms with van der Waals surface area (Å²) >= 11 is 1.88. The summed E-state index contributed by atoms with van der Waals surface area (Å²) in [5.41, 5.74) is 5.53. The van der Waals surface area contributed by atoms with Crippen molar-refractivity contribution in [3.63, 3.8) is 0 Å². The Balaban J connectivity index is 2.14. The average Bonchev–Trinajstić information content (AvgIpc) is 2.42. The molecule has 0 aliphatic heterocycles. The molecule has 3 nitrogen and oxygen atoms in total. The highest BCUT2D eigenvalue weighted by Crippen LogP contribution is 2.15. The van der Waals surface area contributed by atoms with Crippen molar-refractivity contribution in [2.75, 3.05) is 32.6 Å². The van der Waals surface area contributed by atoms with Gasteiger partial charge in [0.2, 0.25) is 0 Å². The van der Waals surface area contributed by atoms with Gasteiger partial charge < -0.3 is 15.8 Å². The minimum Gasteiger partial charge on any atom is -0.383 e. The van der Waals surface area contributed by atoms with E-state index in [1.165, 1.54) is 4.90 Å². The Hall–Kier alpha value is -0.550. The van der Waals surface area contributed by atoms with E-state index in [4.69, 9.17) is 10.5 Å². The number of benzene rings is 1. The van der Waals surface area contributed by atoms with Gasteiger partial charge in [-0.3, -0.25) is 0 Å². The second kappa shape index (κ2) is 10.4. The molecule has 0 saturated carbocycles. The van der Waals surface area contributed by atoms with Gasteiger partial charge in [-0.2, -0.15) is 0 Å². The molecule has 0 spiro atoms. The second-order valence-corrected chi connectivity index (χ2v) is 5.37. The third-order valence-corrected chi connectivity index (χ3v) is 3.69. The number of ether oxygens (including phenoxy) is 1. The van der Waals surface area contributed by atoms with Crippen LogP contribution >= 0.6 is 11.8 Å². The molecular weight excluding hydrogens is 244 g/mol. The predicted octanol–water partition coefficient (Wildman–Crippen LogP) is 2.12. The van der Waals surface area contributed by atoms with Crippen molar-refractivity contribution in [3.8, 4) is 0 Å². The van der Waals surface area contributed by atoms with E-state index in [1.54, 1.807) is 7.11 Å². The summed E-state index contributed by atoms with van der Waals surface area (Å²) in [6, 6.07) is 10.9. The lowest BCUT2D eigenvalue weighted by atomic mass is 10.1. The number of hydrogen-bond donors (Lipinski definition) is 2. The Labute approximate surface area is 114 Å². The number of nitrogens with two attached hydrogens (primary N) is 1. The van der Waals surface area contributed by atoms with Gasteiger partial charge in [-0.1, -0.05) is 18.2 Å². The monoisotopic (exact) mass is 268 g/mol. The molecule has 4 heteroatoms. The van der Waals surface area contributed by atoms with Gasteiger partial charge in [0.15, 0.2) is 0 Å². The van der Waals surface area contributed by atoms with Crippen LogP contribution in [0.15, 0.2) is 35.2 Å². The first-order valence-electron chi connectivity index (χ1n) is 6.47. The highest BCUT2D eigenvalue weighted by Gasteiger charge is 2.06. The largest absolute Gasteiger partial charge is 0.383 e. The van der Waals surface area contributed by atoms with Crippen LogP contribution in [0.3, 0.4) is 0 Å². The van der Waals surface area contributed by atoms with Crippen molar-refractivity contribution < 1.29 is 4.74 Å². The van der Waals surface area contributed by atoms with Crippen LogP contribution in [0.25, 0.3) is 0 Å². The van der Waals surface area contributed by atoms with E-state index in [2.05, 4.69) is 29.6 Å². The third-order valence-electron chi connectivity index (χ3n) is 2.67. The highest BCUT2D eigenvalue weighted by atomic mass is 32.2. The van der Waals surface area contributed by atoms with Gasteiger partial charge in [-0.25, -0.2) is 0 Å². The van der Waals surface area contributed by atoms with Gasteiger partial charge in [-0.05, 0) is 31.5 Å². The lowest BCUT2D eigenvalue weighted by Crippen LogP contribution is -2.35. The normalized spacial score (nSPS) is 12.6. The minimum absolute atomic E-state index is 0.426. The fourth-order valence-corrected chi connectivity index (χ4v) is 2.56. The van der Waals surface area contributed by atoms with E-state index in [9.17, 15) is 0 Å². The van der Waals surface area contributed by atoms with Crippen molar-refractivity contribution in [1.82, 2.24) is 5.32 Å². The molecule has 1 aromatic rings. The molecule has 0 saturated heterocycles. The summed E-state index contributed by atoms with van der Waals surface area (Å²) < 4.78 is 5.21. The number of nitrogens with one attached hydrogen (secondary N) is 1. The van der Waals surface area contributed by atoms with Gasteiger partial charge in [0.05, 0.1) is 6.61 Å². The molecule has 1 atom stereocenters. The van der Waals surface area contributed by atoms with Crippen LogP contribution in [-0.4, -0.2) is 38.6 Å². The number of hydrogen-bond acceptors (Lipinski definition) is 4. The number of methoxy groups -OCH3 is 1. The summed E-state index contributed by atoms with van der Waals surface area (Å²) in [7, 11) is 1.75. The summed E-state index contributed by atoms with van der Waals surface area (Å²) in [5, 5.41) is 3.52. The molecule has 1 unspecified atom stereocenters. The Bertz CT molecular complexity index is 295. The summed E-state index contributed by atoms with van der Waals surface area (Å²) in [6.07, 6.45) is 2.13. The zero-order chi connectivity index (χ0) is 13.1. The quantitative estimate of drug-likeness (QED) is 0.504. The summed E-state index contributed by atoms with van der Waals surface area (Å²) in [5.74, 6) is 1.08. The summed E-state index contributed by atoms with van der Waals surface area (Å²) in [4.78, 5) is 1.32. The Morgan fingerprint density at radius 3 is 2.78 bits per heavy atom. The van der Waals surface area contributed by atoms with E-state index in [0.29, 0.717) is 6.04 Å². The molecule has 0 aliphatic carbocycles.